The molecule has 0 aliphatic carbocycles. The number of nitrogens with zero attached hydrogens (tertiary/aromatic N) is 1. The van der Waals surface area contributed by atoms with E-state index in [0.717, 1.165) is 0 Å². The number of halogens is 2. The molecule has 0 saturated heterocycles. The van der Waals surface area contributed by atoms with Gasteiger partial charge in [0.25, 0.3) is 5.91 Å². The summed E-state index contributed by atoms with van der Waals surface area (Å²) >= 11 is 3.34. The van der Waals surface area contributed by atoms with E-state index in [1.807, 2.05) is 0 Å². The van der Waals surface area contributed by atoms with Gasteiger partial charge in [-0.1, -0.05) is 0 Å². The normalized spacial score (nSPS) is 10.3. The molecule has 24 heavy (non-hydrogen) atoms. The van der Waals surface area contributed by atoms with Crippen molar-refractivity contribution in [1.29, 1.82) is 0 Å². The maximum absolute atomic E-state index is 13.1. The van der Waals surface area contributed by atoms with Crippen LogP contribution in [0.1, 0.15) is 16.8 Å². The van der Waals surface area contributed by atoms with E-state index >= 15 is 0 Å². The van der Waals surface area contributed by atoms with Gasteiger partial charge in [-0.05, 0) is 58.4 Å². The van der Waals surface area contributed by atoms with Crippen molar-refractivity contribution < 1.29 is 18.7 Å². The Bertz CT molecular complexity index is 750. The second kappa shape index (κ2) is 7.92. The Kier molecular flexibility index (Phi) is 5.92. The summed E-state index contributed by atoms with van der Waals surface area (Å²) in [7, 11) is 1.50. The van der Waals surface area contributed by atoms with Gasteiger partial charge in [-0.3, -0.25) is 9.59 Å². The SMILES string of the molecule is COc1ccc(Br)c(C(=O)N(CCC(N)=O)c2ccc(F)cc2)c1. The fourth-order valence-electron chi connectivity index (χ4n) is 2.13. The summed E-state index contributed by atoms with van der Waals surface area (Å²) in [6.45, 7) is 0.0868. The van der Waals surface area contributed by atoms with E-state index in [0.29, 0.717) is 21.5 Å². The molecule has 2 N–H and O–H groups in total. The van der Waals surface area contributed by atoms with E-state index in [-0.39, 0.29) is 18.9 Å². The number of benzene rings is 2. The molecule has 0 aromatic heterocycles. The largest absolute Gasteiger partial charge is 0.497 e. The van der Waals surface area contributed by atoms with Gasteiger partial charge < -0.3 is 15.4 Å². The zero-order chi connectivity index (χ0) is 17.7. The minimum atomic E-state index is -0.528. The van der Waals surface area contributed by atoms with Crippen molar-refractivity contribution in [1.82, 2.24) is 0 Å². The number of carbonyl (C=O) groups is 2. The number of hydrogen-bond donors (Lipinski definition) is 1. The van der Waals surface area contributed by atoms with Crippen LogP contribution in [-0.4, -0.2) is 25.5 Å². The fourth-order valence-corrected chi connectivity index (χ4v) is 2.55. The predicted octanol–water partition coefficient (Wildman–Crippen LogP) is 3.12. The summed E-state index contributed by atoms with van der Waals surface area (Å²) < 4.78 is 18.9. The van der Waals surface area contributed by atoms with Gasteiger partial charge in [-0.25, -0.2) is 4.39 Å². The summed E-state index contributed by atoms with van der Waals surface area (Å²) in [6.07, 6.45) is -0.00922. The summed E-state index contributed by atoms with van der Waals surface area (Å²) in [6, 6.07) is 10.5. The van der Waals surface area contributed by atoms with Crippen LogP contribution in [0, 0.1) is 5.82 Å². The Morgan fingerprint density at radius 3 is 2.46 bits per heavy atom. The van der Waals surface area contributed by atoms with E-state index in [1.54, 1.807) is 18.2 Å². The zero-order valence-electron chi connectivity index (χ0n) is 13.0. The highest BCUT2D eigenvalue weighted by atomic mass is 79.9. The molecule has 0 aliphatic heterocycles. The van der Waals surface area contributed by atoms with E-state index in [2.05, 4.69) is 15.9 Å². The molecule has 0 fully saturated rings. The lowest BCUT2D eigenvalue weighted by atomic mass is 10.1. The van der Waals surface area contributed by atoms with Crippen LogP contribution in [0.3, 0.4) is 0 Å². The number of carbonyl (C=O) groups excluding carboxylic acids is 2. The number of anilines is 1. The van der Waals surface area contributed by atoms with Crippen LogP contribution in [0.2, 0.25) is 0 Å². The maximum atomic E-state index is 13.1. The quantitative estimate of drug-likeness (QED) is 0.817. The lowest BCUT2D eigenvalue weighted by Gasteiger charge is -2.23. The summed E-state index contributed by atoms with van der Waals surface area (Å²) in [5.41, 5.74) is 6.02. The molecule has 2 amide bonds. The van der Waals surface area contributed by atoms with Gasteiger partial charge >= 0.3 is 0 Å². The van der Waals surface area contributed by atoms with Crippen LogP contribution in [-0.2, 0) is 4.79 Å². The molecule has 126 valence electrons. The highest BCUT2D eigenvalue weighted by Crippen LogP contribution is 2.26. The first-order valence-corrected chi connectivity index (χ1v) is 7.91. The molecule has 5 nitrogen and oxygen atoms in total. The molecule has 0 spiro atoms. The van der Waals surface area contributed by atoms with Crippen LogP contribution in [0.5, 0.6) is 5.75 Å². The molecule has 0 heterocycles. The van der Waals surface area contributed by atoms with Crippen LogP contribution in [0.4, 0.5) is 10.1 Å². The van der Waals surface area contributed by atoms with Gasteiger partial charge in [0.15, 0.2) is 0 Å². The van der Waals surface area contributed by atoms with Crippen molar-refractivity contribution in [2.75, 3.05) is 18.6 Å². The first kappa shape index (κ1) is 17.9. The topological polar surface area (TPSA) is 72.6 Å². The lowest BCUT2D eigenvalue weighted by molar-refractivity contribution is -0.117. The van der Waals surface area contributed by atoms with E-state index in [9.17, 15) is 14.0 Å². The third kappa shape index (κ3) is 4.32. The molecule has 0 unspecified atom stereocenters. The molecule has 0 aliphatic rings. The number of rotatable bonds is 6. The van der Waals surface area contributed by atoms with Gasteiger partial charge in [0, 0.05) is 23.1 Å². The molecule has 0 atom stereocenters. The maximum Gasteiger partial charge on any atom is 0.259 e. The summed E-state index contributed by atoms with van der Waals surface area (Å²) in [5, 5.41) is 0. The number of hydrogen-bond acceptors (Lipinski definition) is 3. The number of ether oxygens (including phenoxy) is 1. The van der Waals surface area contributed by atoms with Crippen molar-refractivity contribution in [3.63, 3.8) is 0 Å². The highest BCUT2D eigenvalue weighted by molar-refractivity contribution is 9.10. The molecule has 0 saturated carbocycles. The standard InChI is InChI=1S/C17H16BrFN2O3/c1-24-13-6-7-15(18)14(10-13)17(23)21(9-8-16(20)22)12-4-2-11(19)3-5-12/h2-7,10H,8-9H2,1H3,(H2,20,22). The number of methoxy groups -OCH3 is 1. The number of nitrogens with two attached hydrogens (primary N) is 1. The average molecular weight is 395 g/mol. The van der Waals surface area contributed by atoms with E-state index in [1.165, 1.54) is 36.3 Å². The Labute approximate surface area is 147 Å². The van der Waals surface area contributed by atoms with Crippen LogP contribution < -0.4 is 15.4 Å². The molecule has 2 aromatic carbocycles. The third-order valence-corrected chi connectivity index (χ3v) is 4.06. The Morgan fingerprint density at radius 2 is 1.88 bits per heavy atom. The fraction of sp³-hybridized carbons (Fsp3) is 0.176. The van der Waals surface area contributed by atoms with Gasteiger partial charge in [0.2, 0.25) is 5.91 Å². The average Bonchev–Trinajstić information content (AvgIpc) is 2.56. The van der Waals surface area contributed by atoms with Crippen LogP contribution >= 0.6 is 15.9 Å². The smallest absolute Gasteiger partial charge is 0.259 e. The van der Waals surface area contributed by atoms with Gasteiger partial charge in [-0.15, -0.1) is 0 Å². The van der Waals surface area contributed by atoms with Gasteiger partial charge in [-0.2, -0.15) is 0 Å². The van der Waals surface area contributed by atoms with Crippen molar-refractivity contribution >= 4 is 33.4 Å². The molecule has 2 aromatic rings. The van der Waals surface area contributed by atoms with Crippen LogP contribution in [0.15, 0.2) is 46.9 Å². The van der Waals surface area contributed by atoms with Crippen molar-refractivity contribution in [3.8, 4) is 5.75 Å². The molecular formula is C17H16BrFN2O3. The molecule has 0 bridgehead atoms. The predicted molar refractivity (Wildman–Crippen MR) is 92.6 cm³/mol. The molecular weight excluding hydrogens is 379 g/mol. The van der Waals surface area contributed by atoms with E-state index < -0.39 is 11.7 Å². The molecule has 2 rings (SSSR count). The van der Waals surface area contributed by atoms with Gasteiger partial charge in [0.1, 0.15) is 11.6 Å². The van der Waals surface area contributed by atoms with Crippen molar-refractivity contribution in [2.24, 2.45) is 5.73 Å². The Balaban J connectivity index is 2.40. The first-order valence-electron chi connectivity index (χ1n) is 7.11. The van der Waals surface area contributed by atoms with Crippen molar-refractivity contribution in [3.05, 3.63) is 58.3 Å². The van der Waals surface area contributed by atoms with Crippen LogP contribution in [0.25, 0.3) is 0 Å². The Hall–Kier alpha value is -2.41. The minimum absolute atomic E-state index is 0.00922. The minimum Gasteiger partial charge on any atom is -0.497 e. The number of amides is 2. The second-order valence-electron chi connectivity index (χ2n) is 5.00. The number of primary amides is 1. The molecule has 0 radical (unpaired) electrons. The molecule has 7 heteroatoms. The second-order valence-corrected chi connectivity index (χ2v) is 5.85. The highest BCUT2D eigenvalue weighted by Gasteiger charge is 2.21. The van der Waals surface area contributed by atoms with E-state index in [4.69, 9.17) is 10.5 Å². The summed E-state index contributed by atoms with van der Waals surface area (Å²) in [5.74, 6) is -0.771. The first-order chi connectivity index (χ1) is 11.4. The zero-order valence-corrected chi connectivity index (χ0v) is 14.5. The Morgan fingerprint density at radius 1 is 1.21 bits per heavy atom. The van der Waals surface area contributed by atoms with Crippen molar-refractivity contribution in [2.45, 2.75) is 6.42 Å². The third-order valence-electron chi connectivity index (χ3n) is 3.37. The van der Waals surface area contributed by atoms with Gasteiger partial charge in [0.05, 0.1) is 12.7 Å². The summed E-state index contributed by atoms with van der Waals surface area (Å²) in [4.78, 5) is 25.4. The lowest BCUT2D eigenvalue weighted by Crippen LogP contribution is -2.34. The monoisotopic (exact) mass is 394 g/mol.